The number of halogens is 2. The van der Waals surface area contributed by atoms with Crippen LogP contribution in [0.4, 0.5) is 14.7 Å². The SMILES string of the molecule is CC(C)(C)OP(=O)(OCc1cc(F)c(F)cc1-c1ccc2nc(N)nc(C(=O)N3Cc4ccccc4C3)c2c1)OC(C)(C)C. The summed E-state index contributed by atoms with van der Waals surface area (Å²) >= 11 is 0. The van der Waals surface area contributed by atoms with Gasteiger partial charge >= 0.3 is 7.82 Å². The van der Waals surface area contributed by atoms with Gasteiger partial charge in [-0.1, -0.05) is 30.3 Å². The highest BCUT2D eigenvalue weighted by atomic mass is 31.2. The summed E-state index contributed by atoms with van der Waals surface area (Å²) < 4.78 is 59.9. The zero-order chi connectivity index (χ0) is 32.0. The molecule has 0 fully saturated rings. The molecule has 0 radical (unpaired) electrons. The molecule has 1 aliphatic rings. The fourth-order valence-electron chi connectivity index (χ4n) is 4.97. The van der Waals surface area contributed by atoms with Gasteiger partial charge in [0.2, 0.25) is 5.95 Å². The van der Waals surface area contributed by atoms with Crippen LogP contribution in [-0.4, -0.2) is 32.0 Å². The average Bonchev–Trinajstić information content (AvgIpc) is 3.35. The van der Waals surface area contributed by atoms with E-state index in [0.717, 1.165) is 23.3 Å². The first-order valence-electron chi connectivity index (χ1n) is 14.1. The van der Waals surface area contributed by atoms with Crippen molar-refractivity contribution in [3.05, 3.63) is 88.6 Å². The Bertz CT molecular complexity index is 1760. The van der Waals surface area contributed by atoms with E-state index in [2.05, 4.69) is 9.97 Å². The maximum atomic E-state index is 14.7. The lowest BCUT2D eigenvalue weighted by Gasteiger charge is -2.31. The fourth-order valence-corrected chi connectivity index (χ4v) is 6.75. The molecule has 1 aromatic heterocycles. The van der Waals surface area contributed by atoms with Gasteiger partial charge in [-0.15, -0.1) is 0 Å². The molecule has 9 nitrogen and oxygen atoms in total. The minimum Gasteiger partial charge on any atom is -0.368 e. The van der Waals surface area contributed by atoms with Crippen molar-refractivity contribution in [2.75, 3.05) is 5.73 Å². The maximum Gasteiger partial charge on any atom is 0.476 e. The lowest BCUT2D eigenvalue weighted by Crippen LogP contribution is -2.27. The minimum atomic E-state index is -4.17. The number of anilines is 1. The van der Waals surface area contributed by atoms with E-state index in [1.165, 1.54) is 0 Å². The fraction of sp³-hybridized carbons (Fsp3) is 0.344. The third-order valence-electron chi connectivity index (χ3n) is 6.65. The van der Waals surface area contributed by atoms with Crippen molar-refractivity contribution in [2.45, 2.75) is 72.4 Å². The van der Waals surface area contributed by atoms with E-state index >= 15 is 0 Å². The molecular weight excluding hydrogens is 589 g/mol. The molecule has 1 amide bonds. The van der Waals surface area contributed by atoms with E-state index in [0.29, 0.717) is 29.6 Å². The van der Waals surface area contributed by atoms with Crippen molar-refractivity contribution in [3.8, 4) is 11.1 Å². The standard InChI is InChI=1S/C32H35F2N4O5P/c1-31(2,3)42-44(40,43-32(4,5)6)41-18-22-14-25(33)26(34)15-23(22)19-11-12-27-24(13-19)28(37-30(35)36-27)29(39)38-16-20-9-7-8-10-21(20)17-38/h7-15H,16-18H2,1-6H3,(H2,35,36,37). The predicted octanol–water partition coefficient (Wildman–Crippen LogP) is 7.57. The van der Waals surface area contributed by atoms with Crippen LogP contribution in [0, 0.1) is 11.6 Å². The van der Waals surface area contributed by atoms with Gasteiger partial charge in [0.05, 0.1) is 23.3 Å². The molecule has 0 saturated heterocycles. The number of carbonyl (C=O) groups is 1. The number of nitrogens with two attached hydrogens (primary N) is 1. The molecule has 5 rings (SSSR count). The third kappa shape index (κ3) is 7.13. The van der Waals surface area contributed by atoms with E-state index in [9.17, 15) is 18.1 Å². The van der Waals surface area contributed by atoms with Gasteiger partial charge in [0.15, 0.2) is 11.6 Å². The van der Waals surface area contributed by atoms with Gasteiger partial charge in [-0.25, -0.2) is 23.3 Å². The number of phosphoric ester groups is 1. The number of carbonyl (C=O) groups excluding carboxylic acids is 1. The first-order chi connectivity index (χ1) is 20.5. The number of nitrogens with zero attached hydrogens (tertiary/aromatic N) is 3. The van der Waals surface area contributed by atoms with Crippen LogP contribution in [0.25, 0.3) is 22.0 Å². The predicted molar refractivity (Wildman–Crippen MR) is 163 cm³/mol. The van der Waals surface area contributed by atoms with Crippen molar-refractivity contribution in [1.82, 2.24) is 14.9 Å². The highest BCUT2D eigenvalue weighted by Gasteiger charge is 2.37. The number of hydrogen-bond acceptors (Lipinski definition) is 8. The molecule has 1 aliphatic heterocycles. The summed E-state index contributed by atoms with van der Waals surface area (Å²) in [7, 11) is -4.17. The number of hydrogen-bond donors (Lipinski definition) is 1. The van der Waals surface area contributed by atoms with E-state index in [1.54, 1.807) is 64.6 Å². The van der Waals surface area contributed by atoms with Crippen molar-refractivity contribution in [1.29, 1.82) is 0 Å². The first-order valence-corrected chi connectivity index (χ1v) is 15.5. The van der Waals surface area contributed by atoms with Crippen molar-refractivity contribution >= 4 is 30.6 Å². The van der Waals surface area contributed by atoms with Crippen LogP contribution in [0.15, 0.2) is 54.6 Å². The summed E-state index contributed by atoms with van der Waals surface area (Å²) in [5.74, 6) is -2.62. The van der Waals surface area contributed by atoms with Crippen LogP contribution in [-0.2, 0) is 37.8 Å². The van der Waals surface area contributed by atoms with E-state index in [1.807, 2.05) is 24.3 Å². The number of nitrogen functional groups attached to an aromatic ring is 1. The Morgan fingerprint density at radius 3 is 2.09 bits per heavy atom. The van der Waals surface area contributed by atoms with Gasteiger partial charge in [0.25, 0.3) is 5.91 Å². The van der Waals surface area contributed by atoms with Crippen LogP contribution >= 0.6 is 7.82 Å². The normalized spacial score (nSPS) is 13.9. The third-order valence-corrected chi connectivity index (χ3v) is 8.64. The molecule has 0 unspecified atom stereocenters. The van der Waals surface area contributed by atoms with Crippen LogP contribution in [0.3, 0.4) is 0 Å². The monoisotopic (exact) mass is 624 g/mol. The number of aromatic nitrogens is 2. The van der Waals surface area contributed by atoms with Crippen molar-refractivity contribution < 1.29 is 31.7 Å². The number of rotatable bonds is 7. The number of phosphoric acid groups is 1. The topological polar surface area (TPSA) is 117 Å². The van der Waals surface area contributed by atoms with E-state index in [-0.39, 0.29) is 28.7 Å². The molecule has 4 aromatic rings. The number of amides is 1. The van der Waals surface area contributed by atoms with Gasteiger partial charge in [-0.3, -0.25) is 18.4 Å². The van der Waals surface area contributed by atoms with E-state index < -0.39 is 37.3 Å². The molecule has 2 N–H and O–H groups in total. The molecule has 12 heteroatoms. The molecule has 0 atom stereocenters. The summed E-state index contributed by atoms with van der Waals surface area (Å²) in [6.45, 7) is 10.6. The summed E-state index contributed by atoms with van der Waals surface area (Å²) in [5, 5.41) is 0.382. The molecule has 44 heavy (non-hydrogen) atoms. The zero-order valence-corrected chi connectivity index (χ0v) is 26.4. The van der Waals surface area contributed by atoms with Gasteiger partial charge in [-0.05, 0) is 93.6 Å². The van der Waals surface area contributed by atoms with Gasteiger partial charge < -0.3 is 10.6 Å². The molecule has 0 bridgehead atoms. The van der Waals surface area contributed by atoms with E-state index in [4.69, 9.17) is 19.3 Å². The lowest BCUT2D eigenvalue weighted by molar-refractivity contribution is 0.000848. The van der Waals surface area contributed by atoms with Crippen molar-refractivity contribution in [2.24, 2.45) is 0 Å². The smallest absolute Gasteiger partial charge is 0.368 e. The van der Waals surface area contributed by atoms with Crippen LogP contribution < -0.4 is 5.73 Å². The Morgan fingerprint density at radius 2 is 1.50 bits per heavy atom. The first kappa shape index (κ1) is 31.7. The molecule has 3 aromatic carbocycles. The highest BCUT2D eigenvalue weighted by molar-refractivity contribution is 7.48. The quantitative estimate of drug-likeness (QED) is 0.209. The summed E-state index contributed by atoms with van der Waals surface area (Å²) in [5.41, 5.74) is 7.61. The lowest BCUT2D eigenvalue weighted by atomic mass is 9.97. The van der Waals surface area contributed by atoms with Crippen LogP contribution in [0.2, 0.25) is 0 Å². The molecule has 232 valence electrons. The second kappa shape index (κ2) is 11.6. The molecule has 0 spiro atoms. The summed E-state index contributed by atoms with van der Waals surface area (Å²) in [4.78, 5) is 24.0. The summed E-state index contributed by atoms with van der Waals surface area (Å²) in [6, 6.07) is 14.7. The molecule has 0 aliphatic carbocycles. The highest BCUT2D eigenvalue weighted by Crippen LogP contribution is 2.56. The maximum absolute atomic E-state index is 14.7. The molecular formula is C32H35F2N4O5P. The Labute approximate surface area is 255 Å². The Balaban J connectivity index is 1.53. The largest absolute Gasteiger partial charge is 0.476 e. The number of fused-ring (bicyclic) bond motifs is 2. The molecule has 0 saturated carbocycles. The van der Waals surface area contributed by atoms with Crippen LogP contribution in [0.5, 0.6) is 0 Å². The van der Waals surface area contributed by atoms with Crippen molar-refractivity contribution in [3.63, 3.8) is 0 Å². The summed E-state index contributed by atoms with van der Waals surface area (Å²) in [6.07, 6.45) is 0. The number of benzene rings is 3. The van der Waals surface area contributed by atoms with Crippen LogP contribution in [0.1, 0.15) is 68.7 Å². The average molecular weight is 625 g/mol. The zero-order valence-electron chi connectivity index (χ0n) is 25.5. The molecule has 2 heterocycles. The second-order valence-corrected chi connectivity index (χ2v) is 14.2. The van der Waals surface area contributed by atoms with Gasteiger partial charge in [0.1, 0.15) is 5.69 Å². The second-order valence-electron chi connectivity index (χ2n) is 12.6. The minimum absolute atomic E-state index is 0.0688. The van der Waals surface area contributed by atoms with Gasteiger partial charge in [-0.2, -0.15) is 0 Å². The Morgan fingerprint density at radius 1 is 0.909 bits per heavy atom. The Hall–Kier alpha value is -3.76. The Kier molecular flexibility index (Phi) is 8.37. The van der Waals surface area contributed by atoms with Gasteiger partial charge in [0, 0.05) is 18.5 Å².